The molecule has 0 N–H and O–H groups in total. The predicted octanol–water partition coefficient (Wildman–Crippen LogP) is 0.629. The Morgan fingerprint density at radius 3 is 3.00 bits per heavy atom. The zero-order chi connectivity index (χ0) is 7.11. The second-order valence-corrected chi connectivity index (χ2v) is 1.21. The zero-order valence-corrected chi connectivity index (χ0v) is 5.13. The summed E-state index contributed by atoms with van der Waals surface area (Å²) in [7, 11) is 0. The van der Waals surface area contributed by atoms with Crippen LogP contribution < -0.4 is 0 Å². The number of nitriles is 1. The third kappa shape index (κ3) is 4.56. The van der Waals surface area contributed by atoms with E-state index in [0.717, 1.165) is 12.2 Å². The lowest BCUT2D eigenvalue weighted by Gasteiger charge is -1.91. The van der Waals surface area contributed by atoms with Gasteiger partial charge in [0, 0.05) is 12.2 Å². The molecule has 0 bridgehead atoms. The molecular formula is C6H7NO2. The second-order valence-electron chi connectivity index (χ2n) is 1.21. The molecule has 0 atom stereocenters. The van der Waals surface area contributed by atoms with Crippen molar-refractivity contribution in [2.45, 2.75) is 6.92 Å². The normalized spacial score (nSPS) is 8.89. The number of hydrogen-bond acceptors (Lipinski definition) is 3. The lowest BCUT2D eigenvalue weighted by molar-refractivity contribution is -0.137. The van der Waals surface area contributed by atoms with Gasteiger partial charge in [-0.2, -0.15) is 5.26 Å². The highest BCUT2D eigenvalue weighted by Gasteiger charge is 1.89. The molecule has 9 heavy (non-hydrogen) atoms. The molecule has 0 heterocycles. The zero-order valence-electron chi connectivity index (χ0n) is 5.13. The monoisotopic (exact) mass is 125 g/mol. The first-order valence-corrected chi connectivity index (χ1v) is 2.54. The summed E-state index contributed by atoms with van der Waals surface area (Å²) in [6, 6.07) is 1.68. The molecule has 48 valence electrons. The van der Waals surface area contributed by atoms with E-state index in [0.29, 0.717) is 6.61 Å². The molecule has 0 amide bonds. The third-order valence-electron chi connectivity index (χ3n) is 0.581. The molecule has 0 aliphatic carbocycles. The van der Waals surface area contributed by atoms with Gasteiger partial charge in [-0.3, -0.25) is 0 Å². The Kier molecular flexibility index (Phi) is 4.15. The van der Waals surface area contributed by atoms with Crippen molar-refractivity contribution in [2.24, 2.45) is 0 Å². The molecule has 0 aromatic heterocycles. The summed E-state index contributed by atoms with van der Waals surface area (Å²) in [4.78, 5) is 10.3. The summed E-state index contributed by atoms with van der Waals surface area (Å²) in [6.45, 7) is 2.05. The quantitative estimate of drug-likeness (QED) is 0.309. The first kappa shape index (κ1) is 7.70. The van der Waals surface area contributed by atoms with Crippen LogP contribution in [0.2, 0.25) is 0 Å². The van der Waals surface area contributed by atoms with Crippen LogP contribution in [0.25, 0.3) is 0 Å². The van der Waals surface area contributed by atoms with Crippen molar-refractivity contribution in [1.29, 1.82) is 5.26 Å². The van der Waals surface area contributed by atoms with Crippen LogP contribution in [0.3, 0.4) is 0 Å². The Balaban J connectivity index is 3.53. The molecule has 0 aromatic rings. The predicted molar refractivity (Wildman–Crippen MR) is 31.4 cm³/mol. The van der Waals surface area contributed by atoms with E-state index < -0.39 is 5.97 Å². The molecule has 0 fully saturated rings. The Bertz CT molecular complexity index is 155. The van der Waals surface area contributed by atoms with E-state index in [-0.39, 0.29) is 0 Å². The largest absolute Gasteiger partial charge is 0.463 e. The lowest BCUT2D eigenvalue weighted by Crippen LogP contribution is -1.98. The SMILES string of the molecule is CCOC(=O)/C=C\C#N. The number of ether oxygens (including phenoxy) is 1. The smallest absolute Gasteiger partial charge is 0.331 e. The maximum absolute atomic E-state index is 10.3. The average Bonchev–Trinajstić information content (AvgIpc) is 1.85. The van der Waals surface area contributed by atoms with Gasteiger partial charge in [-0.1, -0.05) is 0 Å². The van der Waals surface area contributed by atoms with E-state index in [1.807, 2.05) is 0 Å². The fourth-order valence-electron chi connectivity index (χ4n) is 0.296. The van der Waals surface area contributed by atoms with Crippen molar-refractivity contribution in [3.63, 3.8) is 0 Å². The van der Waals surface area contributed by atoms with E-state index in [1.54, 1.807) is 13.0 Å². The van der Waals surface area contributed by atoms with Crippen molar-refractivity contribution in [2.75, 3.05) is 6.61 Å². The van der Waals surface area contributed by atoms with Crippen molar-refractivity contribution in [1.82, 2.24) is 0 Å². The van der Waals surface area contributed by atoms with Crippen LogP contribution in [0.4, 0.5) is 0 Å². The molecular weight excluding hydrogens is 118 g/mol. The van der Waals surface area contributed by atoms with Gasteiger partial charge in [-0.05, 0) is 6.92 Å². The Hall–Kier alpha value is -1.30. The van der Waals surface area contributed by atoms with E-state index in [2.05, 4.69) is 4.74 Å². The van der Waals surface area contributed by atoms with Gasteiger partial charge in [-0.25, -0.2) is 4.79 Å². The molecule has 3 heteroatoms. The van der Waals surface area contributed by atoms with Crippen LogP contribution in [-0.4, -0.2) is 12.6 Å². The van der Waals surface area contributed by atoms with Gasteiger partial charge in [0.1, 0.15) is 0 Å². The molecule has 0 saturated heterocycles. The molecule has 0 spiro atoms. The molecule has 0 aromatic carbocycles. The second kappa shape index (κ2) is 4.85. The highest BCUT2D eigenvalue weighted by atomic mass is 16.5. The van der Waals surface area contributed by atoms with Gasteiger partial charge >= 0.3 is 5.97 Å². The van der Waals surface area contributed by atoms with E-state index in [4.69, 9.17) is 5.26 Å². The molecule has 0 saturated carbocycles. The number of allylic oxidation sites excluding steroid dienone is 1. The van der Waals surface area contributed by atoms with Gasteiger partial charge in [0.2, 0.25) is 0 Å². The first-order valence-electron chi connectivity index (χ1n) is 2.54. The Labute approximate surface area is 53.5 Å². The Morgan fingerprint density at radius 1 is 1.89 bits per heavy atom. The number of carbonyl (C=O) groups is 1. The summed E-state index contributed by atoms with van der Waals surface area (Å²) in [5.74, 6) is -0.473. The number of rotatable bonds is 2. The lowest BCUT2D eigenvalue weighted by atomic mass is 10.5. The minimum Gasteiger partial charge on any atom is -0.463 e. The Morgan fingerprint density at radius 2 is 2.56 bits per heavy atom. The number of carbonyl (C=O) groups excluding carboxylic acids is 1. The molecule has 3 nitrogen and oxygen atoms in total. The van der Waals surface area contributed by atoms with Gasteiger partial charge in [0.05, 0.1) is 12.7 Å². The summed E-state index contributed by atoms with van der Waals surface area (Å²) in [5, 5.41) is 7.94. The molecule has 0 rings (SSSR count). The van der Waals surface area contributed by atoms with Gasteiger partial charge in [0.25, 0.3) is 0 Å². The van der Waals surface area contributed by atoms with Crippen molar-refractivity contribution >= 4 is 5.97 Å². The minimum absolute atomic E-state index is 0.342. The summed E-state index contributed by atoms with van der Waals surface area (Å²) < 4.78 is 4.47. The molecule has 0 unspecified atom stereocenters. The summed E-state index contributed by atoms with van der Waals surface area (Å²) in [5.41, 5.74) is 0. The van der Waals surface area contributed by atoms with Gasteiger partial charge < -0.3 is 4.74 Å². The van der Waals surface area contributed by atoms with Crippen LogP contribution in [0.15, 0.2) is 12.2 Å². The molecule has 0 aliphatic heterocycles. The summed E-state index contributed by atoms with van der Waals surface area (Å²) >= 11 is 0. The van der Waals surface area contributed by atoms with Crippen LogP contribution in [0, 0.1) is 11.3 Å². The van der Waals surface area contributed by atoms with Gasteiger partial charge in [-0.15, -0.1) is 0 Å². The highest BCUT2D eigenvalue weighted by molar-refractivity contribution is 5.82. The maximum Gasteiger partial charge on any atom is 0.331 e. The molecule has 0 aliphatic rings. The van der Waals surface area contributed by atoms with E-state index in [9.17, 15) is 4.79 Å². The highest BCUT2D eigenvalue weighted by Crippen LogP contribution is 1.78. The van der Waals surface area contributed by atoms with Crippen LogP contribution in [-0.2, 0) is 9.53 Å². The number of esters is 1. The third-order valence-corrected chi connectivity index (χ3v) is 0.581. The van der Waals surface area contributed by atoms with Crippen molar-refractivity contribution in [3.8, 4) is 6.07 Å². The van der Waals surface area contributed by atoms with Crippen LogP contribution in [0.5, 0.6) is 0 Å². The maximum atomic E-state index is 10.3. The average molecular weight is 125 g/mol. The molecule has 0 radical (unpaired) electrons. The van der Waals surface area contributed by atoms with Crippen LogP contribution >= 0.6 is 0 Å². The fraction of sp³-hybridized carbons (Fsp3) is 0.333. The number of nitrogens with zero attached hydrogens (tertiary/aromatic N) is 1. The number of hydrogen-bond donors (Lipinski definition) is 0. The van der Waals surface area contributed by atoms with Crippen molar-refractivity contribution < 1.29 is 9.53 Å². The van der Waals surface area contributed by atoms with Crippen molar-refractivity contribution in [3.05, 3.63) is 12.2 Å². The van der Waals surface area contributed by atoms with E-state index in [1.165, 1.54) is 0 Å². The topological polar surface area (TPSA) is 50.1 Å². The minimum atomic E-state index is -0.473. The van der Waals surface area contributed by atoms with Crippen LogP contribution in [0.1, 0.15) is 6.92 Å². The standard InChI is InChI=1S/C6H7NO2/c1-2-9-6(8)4-3-5-7/h3-4H,2H2,1H3/b4-3-. The van der Waals surface area contributed by atoms with Gasteiger partial charge in [0.15, 0.2) is 0 Å². The first-order chi connectivity index (χ1) is 4.31. The van der Waals surface area contributed by atoms with E-state index >= 15 is 0 Å². The fourth-order valence-corrected chi connectivity index (χ4v) is 0.296. The summed E-state index contributed by atoms with van der Waals surface area (Å²) in [6.07, 6.45) is 2.17.